The van der Waals surface area contributed by atoms with E-state index in [1.807, 2.05) is 24.4 Å². The molecule has 2 aromatic rings. The summed E-state index contributed by atoms with van der Waals surface area (Å²) < 4.78 is 0.983. The number of halogens is 1. The van der Waals surface area contributed by atoms with Crippen LogP contribution in [0.4, 0.5) is 11.6 Å². The zero-order valence-corrected chi connectivity index (χ0v) is 13.0. The number of hydrogen-bond donors (Lipinski definition) is 0. The van der Waals surface area contributed by atoms with Gasteiger partial charge in [0, 0.05) is 43.0 Å². The van der Waals surface area contributed by atoms with Crippen LogP contribution in [0.15, 0.2) is 41.1 Å². The van der Waals surface area contributed by atoms with Crippen LogP contribution in [0, 0.1) is 11.3 Å². The topological polar surface area (TPSA) is 56.1 Å². The van der Waals surface area contributed by atoms with Gasteiger partial charge in [-0.15, -0.1) is 0 Å². The van der Waals surface area contributed by atoms with Gasteiger partial charge in [0.25, 0.3) is 0 Å². The molecule has 0 atom stereocenters. The summed E-state index contributed by atoms with van der Waals surface area (Å²) in [6, 6.07) is 9.83. The summed E-state index contributed by atoms with van der Waals surface area (Å²) in [5.74, 6) is 1.77. The third-order valence-electron chi connectivity index (χ3n) is 3.52. The lowest BCUT2D eigenvalue weighted by Gasteiger charge is -2.36. The number of pyridine rings is 2. The summed E-state index contributed by atoms with van der Waals surface area (Å²) in [5, 5.41) is 9.16. The smallest absolute Gasteiger partial charge is 0.146 e. The summed E-state index contributed by atoms with van der Waals surface area (Å²) in [4.78, 5) is 13.2. The normalized spacial score (nSPS) is 14.9. The first-order chi connectivity index (χ1) is 10.3. The van der Waals surface area contributed by atoms with Crippen molar-refractivity contribution < 1.29 is 0 Å². The van der Waals surface area contributed by atoms with Crippen molar-refractivity contribution >= 4 is 27.6 Å². The minimum Gasteiger partial charge on any atom is -0.353 e. The molecule has 0 unspecified atom stereocenters. The Kier molecular flexibility index (Phi) is 4.02. The lowest BCUT2D eigenvalue weighted by Crippen LogP contribution is -2.47. The molecule has 1 fully saturated rings. The highest BCUT2D eigenvalue weighted by Gasteiger charge is 2.20. The van der Waals surface area contributed by atoms with Crippen molar-refractivity contribution in [3.05, 3.63) is 46.7 Å². The fraction of sp³-hybridized carbons (Fsp3) is 0.267. The first-order valence-corrected chi connectivity index (χ1v) is 7.54. The molecule has 1 saturated heterocycles. The van der Waals surface area contributed by atoms with E-state index < -0.39 is 0 Å². The van der Waals surface area contributed by atoms with Crippen molar-refractivity contribution in [2.45, 2.75) is 0 Å². The second kappa shape index (κ2) is 6.10. The Bertz CT molecular complexity index is 657. The van der Waals surface area contributed by atoms with Crippen molar-refractivity contribution in [1.82, 2.24) is 9.97 Å². The van der Waals surface area contributed by atoms with E-state index >= 15 is 0 Å². The Labute approximate surface area is 132 Å². The van der Waals surface area contributed by atoms with Gasteiger partial charge in [-0.25, -0.2) is 9.97 Å². The first kappa shape index (κ1) is 13.8. The number of nitrogens with zero attached hydrogens (tertiary/aromatic N) is 5. The minimum absolute atomic E-state index is 0.632. The summed E-state index contributed by atoms with van der Waals surface area (Å²) in [6.07, 6.45) is 3.55. The maximum Gasteiger partial charge on any atom is 0.146 e. The van der Waals surface area contributed by atoms with Crippen LogP contribution in [0.25, 0.3) is 0 Å². The molecular weight excluding hydrogens is 330 g/mol. The molecule has 0 amide bonds. The van der Waals surface area contributed by atoms with Crippen LogP contribution in [-0.4, -0.2) is 36.1 Å². The highest BCUT2D eigenvalue weighted by atomic mass is 79.9. The van der Waals surface area contributed by atoms with Gasteiger partial charge in [0.2, 0.25) is 0 Å². The molecule has 1 aliphatic heterocycles. The van der Waals surface area contributed by atoms with Crippen LogP contribution in [0.3, 0.4) is 0 Å². The summed E-state index contributed by atoms with van der Waals surface area (Å²) in [7, 11) is 0. The average Bonchev–Trinajstić information content (AvgIpc) is 2.56. The van der Waals surface area contributed by atoms with E-state index in [0.29, 0.717) is 5.56 Å². The van der Waals surface area contributed by atoms with E-state index in [4.69, 9.17) is 5.26 Å². The Balaban J connectivity index is 1.70. The SMILES string of the molecule is N#Cc1cccnc1N1CCN(c2ccc(Br)cn2)CC1. The second-order valence-corrected chi connectivity index (χ2v) is 5.71. The van der Waals surface area contributed by atoms with Crippen molar-refractivity contribution in [3.8, 4) is 6.07 Å². The van der Waals surface area contributed by atoms with Gasteiger partial charge in [-0.3, -0.25) is 0 Å². The molecule has 0 aromatic carbocycles. The van der Waals surface area contributed by atoms with Crippen molar-refractivity contribution in [2.75, 3.05) is 36.0 Å². The number of rotatable bonds is 2. The fourth-order valence-electron chi connectivity index (χ4n) is 2.44. The highest BCUT2D eigenvalue weighted by molar-refractivity contribution is 9.10. The number of aromatic nitrogens is 2. The molecule has 0 bridgehead atoms. The molecule has 3 rings (SSSR count). The molecule has 3 heterocycles. The quantitative estimate of drug-likeness (QED) is 0.838. The molecule has 2 aromatic heterocycles. The molecule has 0 radical (unpaired) electrons. The Hall–Kier alpha value is -2.13. The lowest BCUT2D eigenvalue weighted by molar-refractivity contribution is 0.641. The van der Waals surface area contributed by atoms with Crippen molar-refractivity contribution in [2.24, 2.45) is 0 Å². The third-order valence-corrected chi connectivity index (χ3v) is 3.99. The number of hydrogen-bond acceptors (Lipinski definition) is 5. The molecule has 5 nitrogen and oxygen atoms in total. The fourth-order valence-corrected chi connectivity index (χ4v) is 2.67. The molecule has 0 saturated carbocycles. The maximum atomic E-state index is 9.16. The molecule has 0 N–H and O–H groups in total. The number of piperazine rings is 1. The van der Waals surface area contributed by atoms with Crippen LogP contribution in [-0.2, 0) is 0 Å². The molecule has 6 heteroatoms. The molecule has 106 valence electrons. The Morgan fingerprint density at radius 3 is 2.48 bits per heavy atom. The van der Waals surface area contributed by atoms with Gasteiger partial charge in [-0.05, 0) is 40.2 Å². The van der Waals surface area contributed by atoms with E-state index in [-0.39, 0.29) is 0 Å². The summed E-state index contributed by atoms with van der Waals surface area (Å²) in [5.41, 5.74) is 0.632. The highest BCUT2D eigenvalue weighted by Crippen LogP contribution is 2.21. The van der Waals surface area contributed by atoms with E-state index in [1.165, 1.54) is 0 Å². The van der Waals surface area contributed by atoms with Gasteiger partial charge in [0.05, 0.1) is 5.56 Å². The van der Waals surface area contributed by atoms with Gasteiger partial charge in [0.15, 0.2) is 0 Å². The zero-order valence-electron chi connectivity index (χ0n) is 11.4. The van der Waals surface area contributed by atoms with Crippen LogP contribution in [0.1, 0.15) is 5.56 Å². The van der Waals surface area contributed by atoms with Gasteiger partial charge >= 0.3 is 0 Å². The third kappa shape index (κ3) is 2.98. The number of anilines is 2. The van der Waals surface area contributed by atoms with Crippen LogP contribution < -0.4 is 9.80 Å². The van der Waals surface area contributed by atoms with Gasteiger partial charge in [-0.1, -0.05) is 0 Å². The summed E-state index contributed by atoms with van der Waals surface area (Å²) in [6.45, 7) is 3.42. The Morgan fingerprint density at radius 1 is 1.05 bits per heavy atom. The van der Waals surface area contributed by atoms with Crippen molar-refractivity contribution in [3.63, 3.8) is 0 Å². The standard InChI is InChI=1S/C15H14BrN5/c16-13-3-4-14(19-11-13)20-6-8-21(9-7-20)15-12(10-17)2-1-5-18-15/h1-5,11H,6-9H2. The predicted octanol–water partition coefficient (Wildman–Crippen LogP) is 2.44. The van der Waals surface area contributed by atoms with Gasteiger partial charge < -0.3 is 9.80 Å². The van der Waals surface area contributed by atoms with Gasteiger partial charge in [-0.2, -0.15) is 5.26 Å². The summed E-state index contributed by atoms with van der Waals surface area (Å²) >= 11 is 3.40. The molecule has 21 heavy (non-hydrogen) atoms. The van der Waals surface area contributed by atoms with Crippen LogP contribution in [0.5, 0.6) is 0 Å². The maximum absolute atomic E-state index is 9.16. The van der Waals surface area contributed by atoms with E-state index in [1.54, 1.807) is 12.3 Å². The second-order valence-electron chi connectivity index (χ2n) is 4.80. The van der Waals surface area contributed by atoms with Crippen molar-refractivity contribution in [1.29, 1.82) is 5.26 Å². The Morgan fingerprint density at radius 2 is 1.81 bits per heavy atom. The number of nitriles is 1. The average molecular weight is 344 g/mol. The molecular formula is C15H14BrN5. The first-order valence-electron chi connectivity index (χ1n) is 6.74. The molecule has 0 spiro atoms. The predicted molar refractivity (Wildman–Crippen MR) is 85.3 cm³/mol. The lowest BCUT2D eigenvalue weighted by atomic mass is 10.2. The molecule has 0 aliphatic carbocycles. The van der Waals surface area contributed by atoms with E-state index in [9.17, 15) is 0 Å². The monoisotopic (exact) mass is 343 g/mol. The van der Waals surface area contributed by atoms with Crippen LogP contribution in [0.2, 0.25) is 0 Å². The largest absolute Gasteiger partial charge is 0.353 e. The minimum atomic E-state index is 0.632. The zero-order chi connectivity index (χ0) is 14.7. The van der Waals surface area contributed by atoms with E-state index in [0.717, 1.165) is 42.3 Å². The van der Waals surface area contributed by atoms with E-state index in [2.05, 4.69) is 41.8 Å². The van der Waals surface area contributed by atoms with Crippen LogP contribution >= 0.6 is 15.9 Å². The van der Waals surface area contributed by atoms with Gasteiger partial charge in [0.1, 0.15) is 17.7 Å². The molecule has 1 aliphatic rings.